The maximum absolute atomic E-state index is 9.21. The van der Waals surface area contributed by atoms with Crippen LogP contribution in [0.15, 0.2) is 18.2 Å². The van der Waals surface area contributed by atoms with Crippen molar-refractivity contribution in [3.8, 4) is 6.07 Å². The van der Waals surface area contributed by atoms with Crippen molar-refractivity contribution in [2.45, 2.75) is 25.9 Å². The molecule has 18 heavy (non-hydrogen) atoms. The van der Waals surface area contributed by atoms with E-state index in [-0.39, 0.29) is 0 Å². The van der Waals surface area contributed by atoms with E-state index in [9.17, 15) is 5.26 Å². The first-order chi connectivity index (χ1) is 8.52. The summed E-state index contributed by atoms with van der Waals surface area (Å²) in [6.45, 7) is 6.32. The fourth-order valence-corrected chi connectivity index (χ4v) is 2.52. The highest BCUT2D eigenvalue weighted by Gasteiger charge is 2.27. The van der Waals surface area contributed by atoms with Crippen molar-refractivity contribution in [3.05, 3.63) is 23.8 Å². The zero-order chi connectivity index (χ0) is 13.3. The molecule has 0 saturated carbocycles. The average Bonchev–Trinajstić information content (AvgIpc) is 2.35. The van der Waals surface area contributed by atoms with Gasteiger partial charge in [-0.3, -0.25) is 4.90 Å². The summed E-state index contributed by atoms with van der Waals surface area (Å²) in [5.41, 5.74) is 8.04. The Labute approximate surface area is 109 Å². The minimum Gasteiger partial charge on any atom is -0.399 e. The molecule has 1 aliphatic heterocycles. The number of likely N-dealkylation sites (N-methyl/N-ethyl adjacent to an activating group) is 1. The van der Waals surface area contributed by atoms with Gasteiger partial charge in [-0.1, -0.05) is 0 Å². The van der Waals surface area contributed by atoms with E-state index in [2.05, 4.69) is 36.8 Å². The lowest BCUT2D eigenvalue weighted by atomic mass is 10.1. The number of hydrogen-bond donors (Lipinski definition) is 1. The molecule has 1 aromatic carbocycles. The summed E-state index contributed by atoms with van der Waals surface area (Å²) < 4.78 is 0. The Morgan fingerprint density at radius 3 is 2.44 bits per heavy atom. The van der Waals surface area contributed by atoms with Crippen molar-refractivity contribution in [2.24, 2.45) is 0 Å². The normalized spacial score (nSPS) is 24.9. The third-order valence-corrected chi connectivity index (χ3v) is 3.84. The van der Waals surface area contributed by atoms with E-state index in [1.807, 2.05) is 12.1 Å². The van der Waals surface area contributed by atoms with Gasteiger partial charge in [0.15, 0.2) is 0 Å². The molecular formula is C14H20N4. The summed E-state index contributed by atoms with van der Waals surface area (Å²) in [6.07, 6.45) is 0. The molecule has 0 radical (unpaired) electrons. The van der Waals surface area contributed by atoms with Crippen molar-refractivity contribution >= 4 is 11.4 Å². The quantitative estimate of drug-likeness (QED) is 0.763. The second-order valence-corrected chi connectivity index (χ2v) is 5.16. The number of nitriles is 1. The molecular weight excluding hydrogens is 224 g/mol. The predicted molar refractivity (Wildman–Crippen MR) is 74.5 cm³/mol. The fourth-order valence-electron chi connectivity index (χ4n) is 2.52. The first-order valence-electron chi connectivity index (χ1n) is 6.29. The molecule has 1 aromatic rings. The lowest BCUT2D eigenvalue weighted by Gasteiger charge is -2.43. The van der Waals surface area contributed by atoms with Gasteiger partial charge in [0.1, 0.15) is 6.07 Å². The molecule has 1 saturated heterocycles. The van der Waals surface area contributed by atoms with E-state index in [0.29, 0.717) is 23.3 Å². The highest BCUT2D eigenvalue weighted by atomic mass is 15.3. The second kappa shape index (κ2) is 4.87. The summed E-state index contributed by atoms with van der Waals surface area (Å²) in [7, 11) is 2.15. The minimum absolute atomic E-state index is 0.484. The van der Waals surface area contributed by atoms with Crippen LogP contribution in [0.25, 0.3) is 0 Å². The second-order valence-electron chi connectivity index (χ2n) is 5.16. The third kappa shape index (κ3) is 2.27. The van der Waals surface area contributed by atoms with E-state index in [4.69, 9.17) is 5.73 Å². The van der Waals surface area contributed by atoms with Crippen LogP contribution in [-0.2, 0) is 0 Å². The Morgan fingerprint density at radius 1 is 1.28 bits per heavy atom. The highest BCUT2D eigenvalue weighted by molar-refractivity contribution is 5.64. The number of nitrogens with two attached hydrogens (primary N) is 1. The van der Waals surface area contributed by atoms with Gasteiger partial charge in [0.25, 0.3) is 0 Å². The average molecular weight is 244 g/mol. The van der Waals surface area contributed by atoms with E-state index < -0.39 is 0 Å². The molecule has 1 fully saturated rings. The summed E-state index contributed by atoms with van der Waals surface area (Å²) >= 11 is 0. The monoisotopic (exact) mass is 244 g/mol. The van der Waals surface area contributed by atoms with Gasteiger partial charge in [-0.2, -0.15) is 5.26 Å². The van der Waals surface area contributed by atoms with Crippen molar-refractivity contribution in [1.29, 1.82) is 5.26 Å². The van der Waals surface area contributed by atoms with Crippen LogP contribution in [0.5, 0.6) is 0 Å². The largest absolute Gasteiger partial charge is 0.399 e. The van der Waals surface area contributed by atoms with Gasteiger partial charge < -0.3 is 10.6 Å². The first-order valence-corrected chi connectivity index (χ1v) is 6.29. The Morgan fingerprint density at radius 2 is 1.89 bits per heavy atom. The molecule has 2 rings (SSSR count). The molecule has 0 amide bonds. The summed E-state index contributed by atoms with van der Waals surface area (Å²) in [6, 6.07) is 8.78. The number of anilines is 2. The molecule has 2 atom stereocenters. The predicted octanol–water partition coefficient (Wildman–Crippen LogP) is 1.67. The van der Waals surface area contributed by atoms with Crippen LogP contribution in [0.3, 0.4) is 0 Å². The van der Waals surface area contributed by atoms with Gasteiger partial charge >= 0.3 is 0 Å². The zero-order valence-electron chi connectivity index (χ0n) is 11.2. The van der Waals surface area contributed by atoms with E-state index in [1.165, 1.54) is 0 Å². The Hall–Kier alpha value is -1.73. The summed E-state index contributed by atoms with van der Waals surface area (Å²) in [4.78, 5) is 4.66. The van der Waals surface area contributed by atoms with E-state index in [1.54, 1.807) is 6.07 Å². The lowest BCUT2D eigenvalue weighted by molar-refractivity contribution is 0.170. The Balaban J connectivity index is 2.30. The van der Waals surface area contributed by atoms with Gasteiger partial charge in [-0.05, 0) is 39.1 Å². The van der Waals surface area contributed by atoms with Crippen LogP contribution in [0, 0.1) is 11.3 Å². The smallest absolute Gasteiger partial charge is 0.101 e. The van der Waals surface area contributed by atoms with Crippen LogP contribution in [-0.4, -0.2) is 37.1 Å². The van der Waals surface area contributed by atoms with Gasteiger partial charge in [-0.15, -0.1) is 0 Å². The SMILES string of the molecule is CC1CN(c2ccc(N)cc2C#N)CC(C)N1C. The standard InChI is InChI=1S/C14H20N4/c1-10-8-18(9-11(2)17(10)3)14-5-4-13(16)6-12(14)7-15/h4-6,10-11H,8-9,16H2,1-3H3. The topological polar surface area (TPSA) is 56.3 Å². The molecule has 4 heteroatoms. The number of hydrogen-bond acceptors (Lipinski definition) is 4. The molecule has 4 nitrogen and oxygen atoms in total. The van der Waals surface area contributed by atoms with Gasteiger partial charge in [0.2, 0.25) is 0 Å². The zero-order valence-corrected chi connectivity index (χ0v) is 11.2. The van der Waals surface area contributed by atoms with Gasteiger partial charge in [-0.25, -0.2) is 0 Å². The molecule has 2 N–H and O–H groups in total. The van der Waals surface area contributed by atoms with Crippen LogP contribution in [0.1, 0.15) is 19.4 Å². The maximum atomic E-state index is 9.21. The fraction of sp³-hybridized carbons (Fsp3) is 0.500. The number of nitrogens with zero attached hydrogens (tertiary/aromatic N) is 3. The highest BCUT2D eigenvalue weighted by Crippen LogP contribution is 2.26. The summed E-state index contributed by atoms with van der Waals surface area (Å²) in [5, 5.41) is 9.21. The number of nitrogen functional groups attached to an aromatic ring is 1. The van der Waals surface area contributed by atoms with Crippen molar-refractivity contribution in [2.75, 3.05) is 30.8 Å². The molecule has 0 bridgehead atoms. The summed E-state index contributed by atoms with van der Waals surface area (Å²) in [5.74, 6) is 0. The van der Waals surface area contributed by atoms with Crippen molar-refractivity contribution in [1.82, 2.24) is 4.90 Å². The van der Waals surface area contributed by atoms with Crippen LogP contribution < -0.4 is 10.6 Å². The number of rotatable bonds is 1. The Kier molecular flexibility index (Phi) is 3.44. The van der Waals surface area contributed by atoms with Crippen LogP contribution >= 0.6 is 0 Å². The Bertz CT molecular complexity index is 465. The number of benzene rings is 1. The molecule has 96 valence electrons. The molecule has 0 aromatic heterocycles. The lowest BCUT2D eigenvalue weighted by Crippen LogP contribution is -2.55. The van der Waals surface area contributed by atoms with Crippen LogP contribution in [0.4, 0.5) is 11.4 Å². The van der Waals surface area contributed by atoms with E-state index >= 15 is 0 Å². The van der Waals surface area contributed by atoms with Gasteiger partial charge in [0, 0.05) is 30.9 Å². The minimum atomic E-state index is 0.484. The van der Waals surface area contributed by atoms with Crippen molar-refractivity contribution in [3.63, 3.8) is 0 Å². The maximum Gasteiger partial charge on any atom is 0.101 e. The first kappa shape index (κ1) is 12.7. The number of piperazine rings is 1. The molecule has 2 unspecified atom stereocenters. The van der Waals surface area contributed by atoms with E-state index in [0.717, 1.165) is 18.8 Å². The molecule has 1 aliphatic rings. The molecule has 1 heterocycles. The van der Waals surface area contributed by atoms with Crippen molar-refractivity contribution < 1.29 is 0 Å². The van der Waals surface area contributed by atoms with Gasteiger partial charge in [0.05, 0.1) is 11.3 Å². The third-order valence-electron chi connectivity index (χ3n) is 3.84. The molecule has 0 spiro atoms. The van der Waals surface area contributed by atoms with Crippen LogP contribution in [0.2, 0.25) is 0 Å². The molecule has 0 aliphatic carbocycles.